The number of anilines is 2. The molecule has 11 nitrogen and oxygen atoms in total. The Morgan fingerprint density at radius 2 is 1.92 bits per heavy atom. The van der Waals surface area contributed by atoms with Gasteiger partial charge in [-0.1, -0.05) is 11.6 Å². The zero-order chi connectivity index (χ0) is 26.8. The predicted molar refractivity (Wildman–Crippen MR) is 141 cm³/mol. The summed E-state index contributed by atoms with van der Waals surface area (Å²) >= 11 is 6.68. The standard InChI is InChI=1S/C23H30ClN7O4S/c1-13(2)31-12-16(17-8-9-25-21(26-17)27-23(4,5)28-22(32)35-6)20(29-31)15-10-14(3)11-18(19(15)24)30-36(7,33)34/h8-13,30H,1-7H3,(H,28,32)(H,25,26,27). The van der Waals surface area contributed by atoms with Crippen LogP contribution in [0, 0.1) is 6.92 Å². The first-order valence-electron chi connectivity index (χ1n) is 11.0. The van der Waals surface area contributed by atoms with E-state index in [4.69, 9.17) is 16.7 Å². The molecule has 3 N–H and O–H groups in total. The van der Waals surface area contributed by atoms with Crippen LogP contribution in [0.15, 0.2) is 30.6 Å². The van der Waals surface area contributed by atoms with Gasteiger partial charge in [-0.05, 0) is 58.4 Å². The third-order valence-corrected chi connectivity index (χ3v) is 5.98. The van der Waals surface area contributed by atoms with E-state index in [0.717, 1.165) is 11.8 Å². The molecule has 0 saturated carbocycles. The van der Waals surface area contributed by atoms with E-state index in [1.807, 2.05) is 33.0 Å². The van der Waals surface area contributed by atoms with E-state index in [1.165, 1.54) is 7.11 Å². The lowest BCUT2D eigenvalue weighted by Gasteiger charge is -2.26. The SMILES string of the molecule is COC(=O)NC(C)(C)Nc1nccc(-c2cn(C(C)C)nc2-c2cc(C)cc(NS(C)(=O)=O)c2Cl)n1. The summed E-state index contributed by atoms with van der Waals surface area (Å²) in [5.74, 6) is 0.270. The minimum absolute atomic E-state index is 0.0392. The first-order valence-corrected chi connectivity index (χ1v) is 13.3. The number of benzene rings is 1. The second-order valence-corrected chi connectivity index (χ2v) is 11.3. The van der Waals surface area contributed by atoms with Crippen LogP contribution in [0.1, 0.15) is 39.3 Å². The Kier molecular flexibility index (Phi) is 7.79. The van der Waals surface area contributed by atoms with Crippen molar-refractivity contribution in [3.63, 3.8) is 0 Å². The zero-order valence-electron chi connectivity index (χ0n) is 21.2. The third-order valence-electron chi connectivity index (χ3n) is 4.98. The largest absolute Gasteiger partial charge is 0.453 e. The maximum Gasteiger partial charge on any atom is 0.408 e. The van der Waals surface area contributed by atoms with Crippen molar-refractivity contribution in [3.8, 4) is 22.5 Å². The monoisotopic (exact) mass is 535 g/mol. The summed E-state index contributed by atoms with van der Waals surface area (Å²) in [7, 11) is -2.27. The highest BCUT2D eigenvalue weighted by Crippen LogP contribution is 2.39. The van der Waals surface area contributed by atoms with Crippen molar-refractivity contribution in [1.29, 1.82) is 0 Å². The number of sulfonamides is 1. The zero-order valence-corrected chi connectivity index (χ0v) is 22.7. The van der Waals surface area contributed by atoms with Gasteiger partial charge in [-0.3, -0.25) is 14.7 Å². The summed E-state index contributed by atoms with van der Waals surface area (Å²) in [4.78, 5) is 20.6. The van der Waals surface area contributed by atoms with Gasteiger partial charge in [-0.15, -0.1) is 0 Å². The van der Waals surface area contributed by atoms with Crippen molar-refractivity contribution in [2.75, 3.05) is 23.4 Å². The summed E-state index contributed by atoms with van der Waals surface area (Å²) < 4.78 is 32.7. The molecular formula is C23H30ClN7O4S. The molecule has 0 aliphatic heterocycles. The molecule has 0 aliphatic rings. The van der Waals surface area contributed by atoms with E-state index in [9.17, 15) is 13.2 Å². The number of methoxy groups -OCH3 is 1. The number of rotatable bonds is 8. The maximum absolute atomic E-state index is 11.9. The van der Waals surface area contributed by atoms with Gasteiger partial charge >= 0.3 is 6.09 Å². The minimum atomic E-state index is -3.55. The van der Waals surface area contributed by atoms with E-state index in [2.05, 4.69) is 30.1 Å². The van der Waals surface area contributed by atoms with Crippen LogP contribution in [0.25, 0.3) is 22.5 Å². The highest BCUT2D eigenvalue weighted by Gasteiger charge is 2.24. The van der Waals surface area contributed by atoms with Crippen LogP contribution in [0.4, 0.5) is 16.4 Å². The molecule has 0 unspecified atom stereocenters. The average Bonchev–Trinajstić information content (AvgIpc) is 3.20. The van der Waals surface area contributed by atoms with Crippen molar-refractivity contribution < 1.29 is 17.9 Å². The molecule has 0 fully saturated rings. The van der Waals surface area contributed by atoms with Gasteiger partial charge in [-0.2, -0.15) is 5.10 Å². The smallest absolute Gasteiger partial charge is 0.408 e. The number of aromatic nitrogens is 4. The fourth-order valence-electron chi connectivity index (χ4n) is 3.44. The molecule has 0 bridgehead atoms. The Morgan fingerprint density at radius 1 is 1.22 bits per heavy atom. The van der Waals surface area contributed by atoms with Crippen LogP contribution in [-0.4, -0.2) is 53.3 Å². The van der Waals surface area contributed by atoms with Crippen molar-refractivity contribution >= 4 is 39.4 Å². The van der Waals surface area contributed by atoms with Gasteiger partial charge in [0.25, 0.3) is 0 Å². The van der Waals surface area contributed by atoms with Gasteiger partial charge in [0.05, 0.1) is 29.8 Å². The number of carbonyl (C=O) groups is 1. The number of halogens is 1. The van der Waals surface area contributed by atoms with Gasteiger partial charge in [0.2, 0.25) is 16.0 Å². The number of ether oxygens (including phenoxy) is 1. The summed E-state index contributed by atoms with van der Waals surface area (Å²) in [6.45, 7) is 9.30. The van der Waals surface area contributed by atoms with Crippen LogP contribution in [-0.2, 0) is 14.8 Å². The van der Waals surface area contributed by atoms with Crippen LogP contribution in [0.5, 0.6) is 0 Å². The molecule has 3 aromatic rings. The van der Waals surface area contributed by atoms with Crippen molar-refractivity contribution in [1.82, 2.24) is 25.1 Å². The highest BCUT2D eigenvalue weighted by atomic mass is 35.5. The Labute approximate surface area is 215 Å². The predicted octanol–water partition coefficient (Wildman–Crippen LogP) is 4.43. The van der Waals surface area contributed by atoms with Gasteiger partial charge in [0, 0.05) is 29.6 Å². The molecule has 0 radical (unpaired) electrons. The van der Waals surface area contributed by atoms with E-state index in [-0.39, 0.29) is 22.7 Å². The fourth-order valence-corrected chi connectivity index (χ4v) is 4.31. The van der Waals surface area contributed by atoms with E-state index >= 15 is 0 Å². The summed E-state index contributed by atoms with van der Waals surface area (Å²) in [6.07, 6.45) is 3.91. The quantitative estimate of drug-likeness (QED) is 0.360. The molecule has 0 saturated heterocycles. The second-order valence-electron chi connectivity index (χ2n) is 9.15. The number of hydrogen-bond donors (Lipinski definition) is 3. The first kappa shape index (κ1) is 27.2. The minimum Gasteiger partial charge on any atom is -0.453 e. The molecule has 0 spiro atoms. The van der Waals surface area contributed by atoms with E-state index in [0.29, 0.717) is 22.5 Å². The number of nitrogens with zero attached hydrogens (tertiary/aromatic N) is 4. The molecule has 0 aliphatic carbocycles. The Hall–Kier alpha value is -3.38. The number of nitrogens with one attached hydrogen (secondary N) is 3. The van der Waals surface area contributed by atoms with Gasteiger partial charge < -0.3 is 10.1 Å². The number of hydrogen-bond acceptors (Lipinski definition) is 8. The topological polar surface area (TPSA) is 140 Å². The molecule has 1 aromatic carbocycles. The second kappa shape index (κ2) is 10.3. The lowest BCUT2D eigenvalue weighted by Crippen LogP contribution is -2.49. The van der Waals surface area contributed by atoms with Gasteiger partial charge in [-0.25, -0.2) is 23.2 Å². The molecular weight excluding hydrogens is 506 g/mol. The summed E-state index contributed by atoms with van der Waals surface area (Å²) in [5.41, 5.74) is 2.47. The lowest BCUT2D eigenvalue weighted by atomic mass is 10.0. The summed E-state index contributed by atoms with van der Waals surface area (Å²) in [5, 5.41) is 10.7. The highest BCUT2D eigenvalue weighted by molar-refractivity contribution is 7.92. The van der Waals surface area contributed by atoms with E-state index in [1.54, 1.807) is 36.9 Å². The maximum atomic E-state index is 11.9. The lowest BCUT2D eigenvalue weighted by molar-refractivity contribution is 0.162. The fraction of sp³-hybridized carbons (Fsp3) is 0.391. The number of alkyl carbamates (subject to hydrolysis) is 1. The molecule has 3 rings (SSSR count). The molecule has 13 heteroatoms. The third kappa shape index (κ3) is 6.64. The van der Waals surface area contributed by atoms with E-state index < -0.39 is 21.8 Å². The Bertz CT molecular complexity index is 1390. The van der Waals surface area contributed by atoms with Crippen LogP contribution in [0.2, 0.25) is 5.02 Å². The van der Waals surface area contributed by atoms with Crippen molar-refractivity contribution in [2.45, 2.75) is 46.3 Å². The van der Waals surface area contributed by atoms with Crippen molar-refractivity contribution in [2.24, 2.45) is 0 Å². The normalized spacial score (nSPS) is 11.9. The number of amides is 1. The molecule has 1 amide bonds. The Morgan fingerprint density at radius 3 is 2.53 bits per heavy atom. The molecule has 2 aromatic heterocycles. The van der Waals surface area contributed by atoms with Crippen LogP contribution < -0.4 is 15.4 Å². The summed E-state index contributed by atoms with van der Waals surface area (Å²) in [6, 6.07) is 5.28. The number of carbonyl (C=O) groups excluding carboxylic acids is 1. The average molecular weight is 536 g/mol. The molecule has 36 heavy (non-hydrogen) atoms. The van der Waals surface area contributed by atoms with Crippen LogP contribution in [0.3, 0.4) is 0 Å². The van der Waals surface area contributed by atoms with Crippen molar-refractivity contribution in [3.05, 3.63) is 41.2 Å². The molecule has 0 atom stereocenters. The van der Waals surface area contributed by atoms with Crippen LogP contribution >= 0.6 is 11.6 Å². The van der Waals surface area contributed by atoms with Gasteiger partial charge in [0.1, 0.15) is 11.4 Å². The first-order chi connectivity index (χ1) is 16.7. The molecule has 2 heterocycles. The number of aryl methyl sites for hydroxylation is 1. The Balaban J connectivity index is 2.12. The molecule has 194 valence electrons. The van der Waals surface area contributed by atoms with Gasteiger partial charge in [0.15, 0.2) is 0 Å².